The minimum Gasteiger partial charge on any atom is -0.370 e. The normalized spacial score (nSPS) is 25.5. The third-order valence-electron chi connectivity index (χ3n) is 3.09. The number of carbonyl (C=O) groups is 1. The van der Waals surface area contributed by atoms with Gasteiger partial charge in [-0.1, -0.05) is 30.3 Å². The molecule has 3 nitrogen and oxygen atoms in total. The van der Waals surface area contributed by atoms with E-state index in [2.05, 4.69) is 0 Å². The molecule has 0 spiro atoms. The quantitative estimate of drug-likeness (QED) is 0.723. The summed E-state index contributed by atoms with van der Waals surface area (Å²) in [5, 5.41) is 0. The van der Waals surface area contributed by atoms with Gasteiger partial charge in [0, 0.05) is 13.5 Å². The molecule has 1 heterocycles. The Bertz CT molecular complexity index is 363. The van der Waals surface area contributed by atoms with Gasteiger partial charge in [-0.3, -0.25) is 4.79 Å². The van der Waals surface area contributed by atoms with Gasteiger partial charge < -0.3 is 9.64 Å². The molecule has 16 heavy (non-hydrogen) atoms. The van der Waals surface area contributed by atoms with Crippen molar-refractivity contribution in [1.82, 2.24) is 4.90 Å². The molecule has 1 aromatic carbocycles. The number of benzene rings is 1. The number of hydrogen-bond acceptors (Lipinski definition) is 2. The lowest BCUT2D eigenvalue weighted by Gasteiger charge is -2.39. The Morgan fingerprint density at radius 1 is 1.38 bits per heavy atom. The monoisotopic (exact) mass is 219 g/mol. The van der Waals surface area contributed by atoms with E-state index in [-0.39, 0.29) is 18.1 Å². The average Bonchev–Trinajstić information content (AvgIpc) is 2.30. The van der Waals surface area contributed by atoms with Gasteiger partial charge in [0.1, 0.15) is 6.10 Å². The first-order valence-electron chi connectivity index (χ1n) is 5.64. The highest BCUT2D eigenvalue weighted by atomic mass is 16.5. The first-order chi connectivity index (χ1) is 7.70. The summed E-state index contributed by atoms with van der Waals surface area (Å²) in [6.07, 6.45) is -0.00106. The zero-order chi connectivity index (χ0) is 11.5. The van der Waals surface area contributed by atoms with Crippen LogP contribution in [0.1, 0.15) is 25.5 Å². The summed E-state index contributed by atoms with van der Waals surface area (Å²) >= 11 is 0. The van der Waals surface area contributed by atoms with E-state index in [1.165, 1.54) is 0 Å². The van der Waals surface area contributed by atoms with E-state index < -0.39 is 0 Å². The van der Waals surface area contributed by atoms with E-state index in [9.17, 15) is 4.79 Å². The first-order valence-corrected chi connectivity index (χ1v) is 5.64. The topological polar surface area (TPSA) is 29.5 Å². The molecule has 0 saturated carbocycles. The van der Waals surface area contributed by atoms with Crippen molar-refractivity contribution in [3.8, 4) is 0 Å². The lowest BCUT2D eigenvalue weighted by molar-refractivity contribution is -0.143. The minimum absolute atomic E-state index is 0.00106. The molecule has 86 valence electrons. The number of amides is 1. The standard InChI is InChI=1S/C13H17NO2/c1-10-13(12-6-4-3-5-7-12)16-9-8-14(10)11(2)15/h3-7,10,13H,8-9H2,1-2H3/t10-,13+/m1/s1. The highest BCUT2D eigenvalue weighted by Gasteiger charge is 2.31. The first kappa shape index (κ1) is 11.1. The Labute approximate surface area is 96.0 Å². The van der Waals surface area contributed by atoms with Crippen molar-refractivity contribution in [2.75, 3.05) is 13.2 Å². The fourth-order valence-corrected chi connectivity index (χ4v) is 2.25. The van der Waals surface area contributed by atoms with Gasteiger partial charge in [0.2, 0.25) is 5.91 Å². The molecular weight excluding hydrogens is 202 g/mol. The van der Waals surface area contributed by atoms with Crippen molar-refractivity contribution in [3.05, 3.63) is 35.9 Å². The van der Waals surface area contributed by atoms with E-state index in [0.29, 0.717) is 13.2 Å². The van der Waals surface area contributed by atoms with E-state index in [1.807, 2.05) is 42.2 Å². The number of rotatable bonds is 1. The van der Waals surface area contributed by atoms with E-state index in [1.54, 1.807) is 6.92 Å². The molecule has 1 saturated heterocycles. The highest BCUT2D eigenvalue weighted by molar-refractivity contribution is 5.73. The van der Waals surface area contributed by atoms with Gasteiger partial charge in [0.25, 0.3) is 0 Å². The number of morpholine rings is 1. The summed E-state index contributed by atoms with van der Waals surface area (Å²) in [5.74, 6) is 0.122. The van der Waals surface area contributed by atoms with Gasteiger partial charge >= 0.3 is 0 Å². The lowest BCUT2D eigenvalue weighted by Crippen LogP contribution is -2.47. The molecule has 0 N–H and O–H groups in total. The maximum Gasteiger partial charge on any atom is 0.219 e. The molecule has 0 aliphatic carbocycles. The fourth-order valence-electron chi connectivity index (χ4n) is 2.25. The summed E-state index contributed by atoms with van der Waals surface area (Å²) in [6, 6.07) is 10.2. The second kappa shape index (κ2) is 4.66. The second-order valence-electron chi connectivity index (χ2n) is 4.16. The zero-order valence-electron chi connectivity index (χ0n) is 9.72. The van der Waals surface area contributed by atoms with Crippen LogP contribution in [0.25, 0.3) is 0 Å². The zero-order valence-corrected chi connectivity index (χ0v) is 9.72. The van der Waals surface area contributed by atoms with Crippen LogP contribution < -0.4 is 0 Å². The molecule has 1 aromatic rings. The van der Waals surface area contributed by atoms with Gasteiger partial charge in [0.05, 0.1) is 12.6 Å². The Morgan fingerprint density at radius 2 is 2.06 bits per heavy atom. The minimum atomic E-state index is -0.00106. The maximum atomic E-state index is 11.5. The molecule has 0 bridgehead atoms. The Balaban J connectivity index is 2.19. The van der Waals surface area contributed by atoms with Gasteiger partial charge in [-0.25, -0.2) is 0 Å². The SMILES string of the molecule is CC(=O)N1CCO[C@H](c2ccccc2)[C@H]1C. The third-order valence-corrected chi connectivity index (χ3v) is 3.09. The molecule has 1 amide bonds. The van der Waals surface area contributed by atoms with Crippen molar-refractivity contribution < 1.29 is 9.53 Å². The van der Waals surface area contributed by atoms with Crippen molar-refractivity contribution in [1.29, 1.82) is 0 Å². The van der Waals surface area contributed by atoms with Crippen LogP contribution in [-0.2, 0) is 9.53 Å². The molecule has 2 atom stereocenters. The molecule has 1 aliphatic heterocycles. The van der Waals surface area contributed by atoms with E-state index >= 15 is 0 Å². The van der Waals surface area contributed by atoms with Crippen LogP contribution in [-0.4, -0.2) is 30.0 Å². The molecular formula is C13H17NO2. The van der Waals surface area contributed by atoms with Gasteiger partial charge in [-0.15, -0.1) is 0 Å². The van der Waals surface area contributed by atoms with Crippen LogP contribution in [0, 0.1) is 0 Å². The predicted octanol–water partition coefficient (Wildman–Crippen LogP) is 1.99. The Kier molecular flexibility index (Phi) is 3.25. The van der Waals surface area contributed by atoms with Crippen LogP contribution in [0.4, 0.5) is 0 Å². The number of nitrogens with zero attached hydrogens (tertiary/aromatic N) is 1. The molecule has 0 aromatic heterocycles. The van der Waals surface area contributed by atoms with Crippen LogP contribution in [0.15, 0.2) is 30.3 Å². The summed E-state index contributed by atoms with van der Waals surface area (Å²) in [5.41, 5.74) is 1.14. The van der Waals surface area contributed by atoms with E-state index in [4.69, 9.17) is 4.74 Å². The number of ether oxygens (including phenoxy) is 1. The fraction of sp³-hybridized carbons (Fsp3) is 0.462. The molecule has 0 unspecified atom stereocenters. The molecule has 2 rings (SSSR count). The van der Waals surface area contributed by atoms with Gasteiger partial charge in [0.15, 0.2) is 0 Å². The smallest absolute Gasteiger partial charge is 0.219 e. The largest absolute Gasteiger partial charge is 0.370 e. The highest BCUT2D eigenvalue weighted by Crippen LogP contribution is 2.27. The van der Waals surface area contributed by atoms with Crippen LogP contribution in [0.3, 0.4) is 0 Å². The predicted molar refractivity (Wildman–Crippen MR) is 62.0 cm³/mol. The summed E-state index contributed by atoms with van der Waals surface area (Å²) in [7, 11) is 0. The van der Waals surface area contributed by atoms with Crippen LogP contribution >= 0.6 is 0 Å². The van der Waals surface area contributed by atoms with Gasteiger partial charge in [-0.2, -0.15) is 0 Å². The Hall–Kier alpha value is -1.35. The van der Waals surface area contributed by atoms with Crippen molar-refractivity contribution in [2.24, 2.45) is 0 Å². The summed E-state index contributed by atoms with van der Waals surface area (Å²) in [4.78, 5) is 13.3. The molecule has 0 radical (unpaired) electrons. The summed E-state index contributed by atoms with van der Waals surface area (Å²) < 4.78 is 5.76. The Morgan fingerprint density at radius 3 is 2.69 bits per heavy atom. The number of hydrogen-bond donors (Lipinski definition) is 0. The maximum absolute atomic E-state index is 11.5. The van der Waals surface area contributed by atoms with Crippen LogP contribution in [0.2, 0.25) is 0 Å². The lowest BCUT2D eigenvalue weighted by atomic mass is 10.0. The van der Waals surface area contributed by atoms with Crippen molar-refractivity contribution in [2.45, 2.75) is 26.0 Å². The molecule has 1 aliphatic rings. The second-order valence-corrected chi connectivity index (χ2v) is 4.16. The van der Waals surface area contributed by atoms with Crippen molar-refractivity contribution in [3.63, 3.8) is 0 Å². The summed E-state index contributed by atoms with van der Waals surface area (Å²) in [6.45, 7) is 4.96. The van der Waals surface area contributed by atoms with Crippen LogP contribution in [0.5, 0.6) is 0 Å². The van der Waals surface area contributed by atoms with Gasteiger partial charge in [-0.05, 0) is 12.5 Å². The molecule has 1 fully saturated rings. The van der Waals surface area contributed by atoms with E-state index in [0.717, 1.165) is 5.56 Å². The number of carbonyl (C=O) groups excluding carboxylic acids is 1. The van der Waals surface area contributed by atoms with Crippen molar-refractivity contribution >= 4 is 5.91 Å². The molecule has 3 heteroatoms. The third kappa shape index (κ3) is 2.09. The average molecular weight is 219 g/mol.